The Morgan fingerprint density at radius 1 is 1.12 bits per heavy atom. The van der Waals surface area contributed by atoms with Crippen molar-refractivity contribution in [3.63, 3.8) is 0 Å². The Morgan fingerprint density at radius 2 is 1.71 bits per heavy atom. The van der Waals surface area contributed by atoms with E-state index in [1.54, 1.807) is 6.92 Å². The monoisotopic (exact) mass is 323 g/mol. The highest BCUT2D eigenvalue weighted by Gasteiger charge is 2.23. The molecule has 0 aromatic heterocycles. The molecule has 0 saturated heterocycles. The molecule has 124 valence electrons. The minimum Gasteiger partial charge on any atom is -0.480 e. The van der Waals surface area contributed by atoms with Gasteiger partial charge in [0.1, 0.15) is 11.6 Å². The maximum absolute atomic E-state index is 11.4. The molecule has 2 aromatic rings. The third kappa shape index (κ3) is 5.88. The maximum atomic E-state index is 11.4. The van der Waals surface area contributed by atoms with Crippen LogP contribution in [0.15, 0.2) is 60.7 Å². The summed E-state index contributed by atoms with van der Waals surface area (Å²) in [6.45, 7) is 1.63. The minimum atomic E-state index is -1.32. The van der Waals surface area contributed by atoms with E-state index in [4.69, 9.17) is 0 Å². The fraction of sp³-hybridized carbons (Fsp3) is 0.250. The van der Waals surface area contributed by atoms with Crippen molar-refractivity contribution in [1.82, 2.24) is 5.32 Å². The molecule has 24 heavy (non-hydrogen) atoms. The maximum Gasteiger partial charge on any atom is 0.321 e. The van der Waals surface area contributed by atoms with Gasteiger partial charge >= 0.3 is 5.97 Å². The molecule has 2 rings (SSSR count). The zero-order chi connectivity index (χ0) is 17.4. The Labute approximate surface area is 142 Å². The lowest BCUT2D eigenvalue weighted by atomic mass is 10.0. The number of benzene rings is 2. The highest BCUT2D eigenvalue weighted by molar-refractivity contribution is 5.73. The van der Waals surface area contributed by atoms with Crippen molar-refractivity contribution in [1.29, 1.82) is 0 Å². The van der Waals surface area contributed by atoms with Crippen molar-refractivity contribution in [3.05, 3.63) is 71.8 Å². The van der Waals surface area contributed by atoms with Crippen molar-refractivity contribution < 1.29 is 15.0 Å². The molecule has 3 N–H and O–H groups in total. The SMILES string of the molecule is CC(O)(C#Cc1ccccc1)CNC(Cc1ccccc1)C(=O)O. The van der Waals surface area contributed by atoms with Crippen molar-refractivity contribution in [2.45, 2.75) is 25.0 Å². The van der Waals surface area contributed by atoms with Crippen molar-refractivity contribution >= 4 is 5.97 Å². The Morgan fingerprint density at radius 3 is 2.29 bits per heavy atom. The van der Waals surface area contributed by atoms with Gasteiger partial charge < -0.3 is 15.5 Å². The summed E-state index contributed by atoms with van der Waals surface area (Å²) in [6.07, 6.45) is 0.346. The zero-order valence-corrected chi connectivity index (χ0v) is 13.6. The van der Waals surface area contributed by atoms with Gasteiger partial charge in [0, 0.05) is 12.1 Å². The van der Waals surface area contributed by atoms with E-state index in [9.17, 15) is 15.0 Å². The molecule has 0 aliphatic heterocycles. The van der Waals surface area contributed by atoms with E-state index in [2.05, 4.69) is 17.2 Å². The van der Waals surface area contributed by atoms with Gasteiger partial charge in [0.05, 0.1) is 0 Å². The Hall–Kier alpha value is -2.61. The predicted octanol–water partition coefficient (Wildman–Crippen LogP) is 2.07. The summed E-state index contributed by atoms with van der Waals surface area (Å²) in [5.41, 5.74) is 0.407. The average Bonchev–Trinajstić information content (AvgIpc) is 2.58. The van der Waals surface area contributed by atoms with Crippen LogP contribution in [0.3, 0.4) is 0 Å². The summed E-state index contributed by atoms with van der Waals surface area (Å²) >= 11 is 0. The highest BCUT2D eigenvalue weighted by Crippen LogP contribution is 2.06. The number of hydrogen-bond donors (Lipinski definition) is 3. The van der Waals surface area contributed by atoms with E-state index >= 15 is 0 Å². The smallest absolute Gasteiger partial charge is 0.321 e. The summed E-state index contributed by atoms with van der Waals surface area (Å²) in [6, 6.07) is 18.0. The summed E-state index contributed by atoms with van der Waals surface area (Å²) in [5.74, 6) is 4.73. The first-order chi connectivity index (χ1) is 11.5. The van der Waals surface area contributed by atoms with E-state index in [0.717, 1.165) is 11.1 Å². The summed E-state index contributed by atoms with van der Waals surface area (Å²) in [4.78, 5) is 11.4. The second-order valence-electron chi connectivity index (χ2n) is 5.85. The van der Waals surface area contributed by atoms with E-state index in [1.165, 1.54) is 0 Å². The molecule has 0 spiro atoms. The Balaban J connectivity index is 1.98. The van der Waals surface area contributed by atoms with Crippen LogP contribution in [-0.4, -0.2) is 34.4 Å². The van der Waals surface area contributed by atoms with Crippen molar-refractivity contribution in [2.24, 2.45) is 0 Å². The van der Waals surface area contributed by atoms with Gasteiger partial charge in [-0.1, -0.05) is 60.4 Å². The van der Waals surface area contributed by atoms with Gasteiger partial charge in [-0.2, -0.15) is 0 Å². The quantitative estimate of drug-likeness (QED) is 0.712. The first kappa shape index (κ1) is 17.7. The Kier molecular flexibility index (Phi) is 6.14. The Bertz CT molecular complexity index is 715. The molecule has 0 fully saturated rings. The molecule has 0 heterocycles. The molecule has 2 unspecified atom stereocenters. The number of carbonyl (C=O) groups is 1. The number of hydrogen-bond acceptors (Lipinski definition) is 3. The second kappa shape index (κ2) is 8.30. The number of aliphatic carboxylic acids is 1. The normalized spacial score (nSPS) is 14.1. The fourth-order valence-electron chi connectivity index (χ4n) is 2.19. The molecule has 0 radical (unpaired) electrons. The first-order valence-electron chi connectivity index (χ1n) is 7.77. The lowest BCUT2D eigenvalue weighted by Gasteiger charge is -2.21. The van der Waals surface area contributed by atoms with Gasteiger partial charge in [-0.3, -0.25) is 4.79 Å². The molecule has 4 nitrogen and oxygen atoms in total. The van der Waals surface area contributed by atoms with Crippen LogP contribution in [0, 0.1) is 11.8 Å². The minimum absolute atomic E-state index is 0.0661. The van der Waals surface area contributed by atoms with Gasteiger partial charge in [0.2, 0.25) is 0 Å². The van der Waals surface area contributed by atoms with Crippen LogP contribution in [-0.2, 0) is 11.2 Å². The predicted molar refractivity (Wildman–Crippen MR) is 93.5 cm³/mol. The number of rotatable bonds is 6. The van der Waals surface area contributed by atoms with Crippen LogP contribution in [0.4, 0.5) is 0 Å². The average molecular weight is 323 g/mol. The van der Waals surface area contributed by atoms with Gasteiger partial charge in [0.15, 0.2) is 0 Å². The van der Waals surface area contributed by atoms with E-state index < -0.39 is 17.6 Å². The molecule has 0 saturated carbocycles. The molecule has 0 aliphatic carbocycles. The van der Waals surface area contributed by atoms with Crippen LogP contribution in [0.25, 0.3) is 0 Å². The van der Waals surface area contributed by atoms with E-state index in [0.29, 0.717) is 6.42 Å². The fourth-order valence-corrected chi connectivity index (χ4v) is 2.19. The van der Waals surface area contributed by atoms with Crippen LogP contribution in [0.5, 0.6) is 0 Å². The van der Waals surface area contributed by atoms with E-state index in [-0.39, 0.29) is 6.54 Å². The lowest BCUT2D eigenvalue weighted by Crippen LogP contribution is -2.46. The van der Waals surface area contributed by atoms with Gasteiger partial charge in [-0.15, -0.1) is 0 Å². The van der Waals surface area contributed by atoms with Crippen LogP contribution in [0.1, 0.15) is 18.1 Å². The zero-order valence-electron chi connectivity index (χ0n) is 13.6. The highest BCUT2D eigenvalue weighted by atomic mass is 16.4. The van der Waals surface area contributed by atoms with Crippen LogP contribution in [0.2, 0.25) is 0 Å². The number of carboxylic acids is 1. The molecule has 2 atom stereocenters. The molecule has 2 aromatic carbocycles. The standard InChI is InChI=1S/C20H21NO3/c1-20(24,13-12-16-8-4-2-5-9-16)15-21-18(19(22)23)14-17-10-6-3-7-11-17/h2-11,18,21,24H,14-15H2,1H3,(H,22,23). The van der Waals surface area contributed by atoms with Crippen LogP contribution >= 0.6 is 0 Å². The van der Waals surface area contributed by atoms with Crippen molar-refractivity contribution in [3.8, 4) is 11.8 Å². The van der Waals surface area contributed by atoms with Crippen molar-refractivity contribution in [2.75, 3.05) is 6.54 Å². The number of aliphatic hydroxyl groups is 1. The molecule has 4 heteroatoms. The molecular weight excluding hydrogens is 302 g/mol. The molecular formula is C20H21NO3. The molecule has 0 bridgehead atoms. The van der Waals surface area contributed by atoms with Gasteiger partial charge in [0.25, 0.3) is 0 Å². The largest absolute Gasteiger partial charge is 0.480 e. The summed E-state index contributed by atoms with van der Waals surface area (Å²) < 4.78 is 0. The number of nitrogens with one attached hydrogen (secondary N) is 1. The summed E-state index contributed by atoms with van der Waals surface area (Å²) in [5, 5.41) is 22.6. The lowest BCUT2D eigenvalue weighted by molar-refractivity contribution is -0.139. The van der Waals surface area contributed by atoms with E-state index in [1.807, 2.05) is 60.7 Å². The molecule has 0 amide bonds. The second-order valence-corrected chi connectivity index (χ2v) is 5.85. The summed E-state index contributed by atoms with van der Waals surface area (Å²) in [7, 11) is 0. The molecule has 0 aliphatic rings. The third-order valence-electron chi connectivity index (χ3n) is 3.52. The number of carboxylic acid groups (broad SMARTS) is 1. The first-order valence-corrected chi connectivity index (χ1v) is 7.77. The van der Waals surface area contributed by atoms with Gasteiger partial charge in [-0.05, 0) is 31.0 Å². The van der Waals surface area contributed by atoms with Gasteiger partial charge in [-0.25, -0.2) is 0 Å². The third-order valence-corrected chi connectivity index (χ3v) is 3.52. The van der Waals surface area contributed by atoms with Crippen LogP contribution < -0.4 is 5.32 Å². The topological polar surface area (TPSA) is 69.6 Å².